The minimum Gasteiger partial charge on any atom is -0.376 e. The first-order valence-electron chi connectivity index (χ1n) is 15.7. The third kappa shape index (κ3) is 4.86. The second kappa shape index (κ2) is 11.4. The molecular weight excluding hydrogens is 585 g/mol. The summed E-state index contributed by atoms with van der Waals surface area (Å²) in [6.45, 7) is 0. The van der Waals surface area contributed by atoms with Gasteiger partial charge in [-0.2, -0.15) is 0 Å². The van der Waals surface area contributed by atoms with Gasteiger partial charge in [-0.25, -0.2) is 4.98 Å². The average molecular weight is 612 g/mol. The van der Waals surface area contributed by atoms with Crippen LogP contribution in [0.4, 0.5) is 0 Å². The Bertz CT molecular complexity index is 2390. The summed E-state index contributed by atoms with van der Waals surface area (Å²) in [5.41, 5.74) is 5.90. The van der Waals surface area contributed by atoms with E-state index in [9.17, 15) is 10.2 Å². The SMILES string of the molecule is [B]C(O)(O)C([B])([B])c1nc2ccccc2n1-c1ccc(-c2c3ccccc3c(-c3ccc(-c4ccccc4)cc3)c3ccccc23)cc1. The summed E-state index contributed by atoms with van der Waals surface area (Å²) in [6.07, 6.45) is 0. The molecule has 7 aromatic carbocycles. The molecule has 4 nitrogen and oxygen atoms in total. The van der Waals surface area contributed by atoms with Crippen molar-refractivity contribution in [3.8, 4) is 39.1 Å². The van der Waals surface area contributed by atoms with E-state index in [0.717, 1.165) is 38.2 Å². The highest BCUT2D eigenvalue weighted by atomic mass is 16.5. The zero-order valence-corrected chi connectivity index (χ0v) is 26.0. The van der Waals surface area contributed by atoms with E-state index in [0.29, 0.717) is 16.7 Å². The molecule has 0 unspecified atom stereocenters. The van der Waals surface area contributed by atoms with Crippen molar-refractivity contribution in [2.24, 2.45) is 0 Å². The number of hydrogen-bond acceptors (Lipinski definition) is 3. The first-order valence-corrected chi connectivity index (χ1v) is 15.7. The molecule has 0 spiro atoms. The van der Waals surface area contributed by atoms with E-state index in [1.54, 1.807) is 4.57 Å². The summed E-state index contributed by atoms with van der Waals surface area (Å²) in [4.78, 5) is 4.56. The monoisotopic (exact) mass is 612 g/mol. The van der Waals surface area contributed by atoms with Gasteiger partial charge in [0.1, 0.15) is 11.5 Å². The van der Waals surface area contributed by atoms with Crippen molar-refractivity contribution in [1.29, 1.82) is 0 Å². The molecule has 0 aliphatic carbocycles. The highest BCUT2D eigenvalue weighted by Crippen LogP contribution is 2.44. The Hall–Kier alpha value is -5.36. The van der Waals surface area contributed by atoms with Crippen molar-refractivity contribution in [3.05, 3.63) is 157 Å². The van der Waals surface area contributed by atoms with Crippen LogP contribution in [0.5, 0.6) is 0 Å². The largest absolute Gasteiger partial charge is 0.376 e. The number of nitrogens with zero attached hydrogens (tertiary/aromatic N) is 2. The lowest BCUT2D eigenvalue weighted by atomic mass is 9.45. The lowest BCUT2D eigenvalue weighted by Crippen LogP contribution is -2.54. The van der Waals surface area contributed by atoms with Crippen LogP contribution in [0.25, 0.3) is 71.6 Å². The zero-order chi connectivity index (χ0) is 33.0. The summed E-state index contributed by atoms with van der Waals surface area (Å²) >= 11 is 0. The Balaban J connectivity index is 1.30. The van der Waals surface area contributed by atoms with E-state index in [-0.39, 0.29) is 5.82 Å². The van der Waals surface area contributed by atoms with E-state index in [1.807, 2.05) is 42.5 Å². The molecule has 1 aromatic heterocycles. The minimum atomic E-state index is -2.92. The highest BCUT2D eigenvalue weighted by Gasteiger charge is 2.41. The van der Waals surface area contributed by atoms with Crippen LogP contribution in [0.2, 0.25) is 0 Å². The van der Waals surface area contributed by atoms with Crippen LogP contribution in [0.15, 0.2) is 152 Å². The van der Waals surface area contributed by atoms with E-state index >= 15 is 0 Å². The average Bonchev–Trinajstić information content (AvgIpc) is 3.51. The quantitative estimate of drug-likeness (QED) is 0.115. The Morgan fingerprint density at radius 3 is 1.40 bits per heavy atom. The molecule has 1 heterocycles. The summed E-state index contributed by atoms with van der Waals surface area (Å²) in [6, 6.07) is 51.7. The van der Waals surface area contributed by atoms with E-state index in [2.05, 4.69) is 114 Å². The summed E-state index contributed by atoms with van der Waals surface area (Å²) < 4.78 is 1.71. The third-order valence-electron chi connectivity index (χ3n) is 9.17. The number of benzene rings is 7. The fourth-order valence-corrected chi connectivity index (χ4v) is 6.72. The molecule has 0 amide bonds. The van der Waals surface area contributed by atoms with Gasteiger partial charge in [-0.1, -0.05) is 127 Å². The van der Waals surface area contributed by atoms with Gasteiger partial charge in [0, 0.05) is 5.69 Å². The van der Waals surface area contributed by atoms with Gasteiger partial charge in [0.15, 0.2) is 7.85 Å². The van der Waals surface area contributed by atoms with Crippen LogP contribution in [-0.2, 0) is 5.21 Å². The molecule has 0 saturated heterocycles. The van der Waals surface area contributed by atoms with Crippen molar-refractivity contribution in [3.63, 3.8) is 0 Å². The molecule has 0 atom stereocenters. The molecular formula is C41H27B3N2O2. The number of aromatic nitrogens is 2. The van der Waals surface area contributed by atoms with Crippen molar-refractivity contribution in [1.82, 2.24) is 9.55 Å². The Morgan fingerprint density at radius 2 is 0.875 bits per heavy atom. The molecule has 0 aliphatic rings. The fourth-order valence-electron chi connectivity index (χ4n) is 6.72. The van der Waals surface area contributed by atoms with Crippen LogP contribution >= 0.6 is 0 Å². The van der Waals surface area contributed by atoms with Crippen molar-refractivity contribution in [2.45, 2.75) is 10.9 Å². The zero-order valence-electron chi connectivity index (χ0n) is 26.0. The normalized spacial score (nSPS) is 12.2. The van der Waals surface area contributed by atoms with Gasteiger partial charge in [0.05, 0.1) is 26.7 Å². The third-order valence-corrected chi connectivity index (χ3v) is 9.17. The number of imidazole rings is 1. The molecule has 6 radical (unpaired) electrons. The van der Waals surface area contributed by atoms with E-state index in [1.165, 1.54) is 16.7 Å². The number of para-hydroxylation sites is 2. The lowest BCUT2D eigenvalue weighted by molar-refractivity contribution is -0.100. The molecule has 7 heteroatoms. The van der Waals surface area contributed by atoms with Crippen molar-refractivity contribution in [2.75, 3.05) is 0 Å². The first-order chi connectivity index (χ1) is 23.2. The molecule has 0 aliphatic heterocycles. The van der Waals surface area contributed by atoms with Gasteiger partial charge in [-0.15, -0.1) is 0 Å². The number of hydrogen-bond donors (Lipinski definition) is 2. The lowest BCUT2D eigenvalue weighted by Gasteiger charge is -2.37. The number of rotatable bonds is 6. The number of fused-ring (bicyclic) bond motifs is 3. The second-order valence-electron chi connectivity index (χ2n) is 12.2. The smallest absolute Gasteiger partial charge is 0.152 e. The van der Waals surface area contributed by atoms with Crippen LogP contribution < -0.4 is 0 Å². The van der Waals surface area contributed by atoms with Crippen LogP contribution in [0.1, 0.15) is 5.82 Å². The Kier molecular flexibility index (Phi) is 7.13. The van der Waals surface area contributed by atoms with Crippen molar-refractivity contribution >= 4 is 56.1 Å². The Labute approximate surface area is 282 Å². The van der Waals surface area contributed by atoms with Gasteiger partial charge < -0.3 is 10.2 Å². The predicted molar refractivity (Wildman–Crippen MR) is 198 cm³/mol. The summed E-state index contributed by atoms with van der Waals surface area (Å²) in [5, 5.41) is 22.9. The predicted octanol–water partition coefficient (Wildman–Crippen LogP) is 7.63. The second-order valence-corrected chi connectivity index (χ2v) is 12.2. The Morgan fingerprint density at radius 1 is 0.458 bits per heavy atom. The summed E-state index contributed by atoms with van der Waals surface area (Å²) in [5.74, 6) is 0.0162. The van der Waals surface area contributed by atoms with Crippen LogP contribution in [0, 0.1) is 0 Å². The molecule has 0 saturated carbocycles. The van der Waals surface area contributed by atoms with Gasteiger partial charge in [0.2, 0.25) is 0 Å². The summed E-state index contributed by atoms with van der Waals surface area (Å²) in [7, 11) is 18.1. The van der Waals surface area contributed by atoms with Gasteiger partial charge in [0.25, 0.3) is 0 Å². The molecule has 0 bridgehead atoms. The van der Waals surface area contributed by atoms with Gasteiger partial charge in [-0.05, 0) is 84.4 Å². The van der Waals surface area contributed by atoms with Gasteiger partial charge >= 0.3 is 0 Å². The van der Waals surface area contributed by atoms with E-state index in [4.69, 9.17) is 23.5 Å². The maximum absolute atomic E-state index is 10.3. The standard InChI is InChI=1S/C41H27B3N2O2/c42-40(43,41(44,47)48)39-45-35-16-8-9-17-36(35)46(39)30-24-22-29(23-25-30)38-33-14-6-4-12-31(33)37(32-13-5-7-15-34(32)38)28-20-18-27(19-21-28)26-10-2-1-3-11-26/h1-25,47-48H. The molecule has 48 heavy (non-hydrogen) atoms. The molecule has 222 valence electrons. The minimum absolute atomic E-state index is 0.0162. The maximum Gasteiger partial charge on any atom is 0.152 e. The van der Waals surface area contributed by atoms with Crippen LogP contribution in [0.3, 0.4) is 0 Å². The van der Waals surface area contributed by atoms with E-state index < -0.39 is 10.9 Å². The molecule has 8 aromatic rings. The maximum atomic E-state index is 10.3. The van der Waals surface area contributed by atoms with Crippen molar-refractivity contribution < 1.29 is 10.2 Å². The molecule has 8 rings (SSSR count). The van der Waals surface area contributed by atoms with Gasteiger partial charge in [-0.3, -0.25) is 4.57 Å². The molecule has 2 N–H and O–H groups in total. The number of aliphatic hydroxyl groups is 2. The highest BCUT2D eigenvalue weighted by molar-refractivity contribution is 6.44. The fraction of sp³-hybridized carbons (Fsp3) is 0.0488. The van der Waals surface area contributed by atoms with Crippen LogP contribution in [-0.4, -0.2) is 49.0 Å². The molecule has 0 fully saturated rings. The topological polar surface area (TPSA) is 58.3 Å². The first kappa shape index (κ1) is 30.0.